The maximum absolute atomic E-state index is 9.47. The number of nitrogens with zero attached hydrogens (tertiary/aromatic N) is 3. The number of allylic oxidation sites excluding steroid dienone is 3. The summed E-state index contributed by atoms with van der Waals surface area (Å²) in [6.07, 6.45) is 11.9. The molecule has 3 aromatic rings. The minimum Gasteiger partial charge on any atom is -0.486 e. The molecule has 0 fully saturated rings. The third-order valence-electron chi connectivity index (χ3n) is 6.06. The van der Waals surface area contributed by atoms with Gasteiger partial charge in [-0.25, -0.2) is 10.1 Å². The van der Waals surface area contributed by atoms with Crippen molar-refractivity contribution in [1.82, 2.24) is 4.57 Å². The van der Waals surface area contributed by atoms with Gasteiger partial charge in [-0.2, -0.15) is 0 Å². The number of benzene rings is 2. The Labute approximate surface area is 187 Å². The van der Waals surface area contributed by atoms with Gasteiger partial charge in [-0.3, -0.25) is 0 Å². The van der Waals surface area contributed by atoms with Crippen LogP contribution in [-0.2, 0) is 17.6 Å². The lowest BCUT2D eigenvalue weighted by Crippen LogP contribution is -2.36. The quantitative estimate of drug-likeness (QED) is 0.387. The second-order valence-electron chi connectivity index (χ2n) is 8.24. The van der Waals surface area contributed by atoms with Gasteiger partial charge in [0.2, 0.25) is 0 Å². The second kappa shape index (κ2) is 8.10. The standard InChI is InChI=1S/C28H21N3O/c1-30-27(20-29)24-16-26(32-28(19-24)17-22-6-2-3-7-23(22)18-28)13-10-21-8-11-25(12-9-21)31-14-4-5-15-31/h2-16H,17-19H2/b13-10+,27-24+. The van der Waals surface area contributed by atoms with Crippen molar-refractivity contribution in [2.75, 3.05) is 0 Å². The van der Waals surface area contributed by atoms with Gasteiger partial charge >= 0.3 is 0 Å². The summed E-state index contributed by atoms with van der Waals surface area (Å²) in [5.41, 5.74) is 5.16. The summed E-state index contributed by atoms with van der Waals surface area (Å²) in [6.45, 7) is 7.42. The summed E-state index contributed by atoms with van der Waals surface area (Å²) in [5, 5.41) is 9.47. The number of hydrogen-bond acceptors (Lipinski definition) is 2. The van der Waals surface area contributed by atoms with Gasteiger partial charge in [0.1, 0.15) is 11.4 Å². The van der Waals surface area contributed by atoms with Gasteiger partial charge in [0, 0.05) is 37.3 Å². The summed E-state index contributed by atoms with van der Waals surface area (Å²) >= 11 is 0. The lowest BCUT2D eigenvalue weighted by Gasteiger charge is -2.35. The summed E-state index contributed by atoms with van der Waals surface area (Å²) in [6, 6.07) is 22.7. The lowest BCUT2D eigenvalue weighted by molar-refractivity contribution is 0.0108. The maximum atomic E-state index is 9.47. The molecule has 2 aliphatic rings. The number of hydrogen-bond donors (Lipinski definition) is 0. The summed E-state index contributed by atoms with van der Waals surface area (Å²) in [5.74, 6) is 0.685. The van der Waals surface area contributed by atoms with E-state index in [9.17, 15) is 5.26 Å². The van der Waals surface area contributed by atoms with Crippen LogP contribution in [0.3, 0.4) is 0 Å². The van der Waals surface area contributed by atoms with E-state index in [1.54, 1.807) is 0 Å². The molecule has 2 aromatic carbocycles. The van der Waals surface area contributed by atoms with E-state index in [-0.39, 0.29) is 5.70 Å². The molecule has 0 unspecified atom stereocenters. The molecule has 0 atom stereocenters. The van der Waals surface area contributed by atoms with Crippen molar-refractivity contribution in [1.29, 1.82) is 5.26 Å². The van der Waals surface area contributed by atoms with E-state index in [2.05, 4.69) is 51.9 Å². The van der Waals surface area contributed by atoms with Crippen molar-refractivity contribution in [2.45, 2.75) is 24.9 Å². The molecular weight excluding hydrogens is 394 g/mol. The first-order valence-corrected chi connectivity index (χ1v) is 10.6. The maximum Gasteiger partial charge on any atom is 0.265 e. The zero-order valence-electron chi connectivity index (χ0n) is 17.5. The lowest BCUT2D eigenvalue weighted by atomic mass is 9.87. The molecule has 0 amide bonds. The monoisotopic (exact) mass is 415 g/mol. The van der Waals surface area contributed by atoms with Crippen molar-refractivity contribution < 1.29 is 4.74 Å². The van der Waals surface area contributed by atoms with Crippen LogP contribution >= 0.6 is 0 Å². The third-order valence-corrected chi connectivity index (χ3v) is 6.06. The molecule has 1 aliphatic heterocycles. The van der Waals surface area contributed by atoms with E-state index in [4.69, 9.17) is 11.3 Å². The number of rotatable bonds is 3. The Kier molecular flexibility index (Phi) is 4.98. The summed E-state index contributed by atoms with van der Waals surface area (Å²) in [4.78, 5) is 3.46. The fraction of sp³-hybridized carbons (Fsp3) is 0.143. The molecule has 1 aromatic heterocycles. The SMILES string of the molecule is [C-]#[N+]/C(C#N)=C1C=C(/C=C/c2ccc(-n3cccc3)cc2)OC2(C\1)Cc1ccccc1C2. The van der Waals surface area contributed by atoms with Gasteiger partial charge in [-0.15, -0.1) is 0 Å². The van der Waals surface area contributed by atoms with E-state index in [0.717, 1.165) is 29.7 Å². The van der Waals surface area contributed by atoms with E-state index in [1.165, 1.54) is 11.1 Å². The molecule has 0 bridgehead atoms. The molecule has 5 rings (SSSR count). The van der Waals surface area contributed by atoms with E-state index in [0.29, 0.717) is 12.2 Å². The Bertz CT molecular complexity index is 1290. The van der Waals surface area contributed by atoms with Crippen LogP contribution in [0.1, 0.15) is 23.1 Å². The topological polar surface area (TPSA) is 42.3 Å². The van der Waals surface area contributed by atoms with Crippen LogP contribution in [0.2, 0.25) is 0 Å². The van der Waals surface area contributed by atoms with Crippen molar-refractivity contribution in [3.05, 3.63) is 130 Å². The Morgan fingerprint density at radius 3 is 2.28 bits per heavy atom. The van der Waals surface area contributed by atoms with Crippen LogP contribution in [0, 0.1) is 17.9 Å². The molecule has 32 heavy (non-hydrogen) atoms. The molecule has 4 nitrogen and oxygen atoms in total. The molecule has 0 N–H and O–H groups in total. The fourth-order valence-corrected chi connectivity index (χ4v) is 4.59. The van der Waals surface area contributed by atoms with Crippen molar-refractivity contribution in [2.24, 2.45) is 0 Å². The predicted molar refractivity (Wildman–Crippen MR) is 124 cm³/mol. The Balaban J connectivity index is 1.44. The Hall–Kier alpha value is -4.28. The van der Waals surface area contributed by atoms with E-state index < -0.39 is 5.60 Å². The first-order valence-electron chi connectivity index (χ1n) is 10.6. The van der Waals surface area contributed by atoms with Crippen LogP contribution in [0.15, 0.2) is 102 Å². The highest BCUT2D eigenvalue weighted by molar-refractivity contribution is 5.56. The number of ether oxygens (including phenoxy) is 1. The average molecular weight is 415 g/mol. The van der Waals surface area contributed by atoms with Crippen molar-refractivity contribution >= 4 is 6.08 Å². The van der Waals surface area contributed by atoms with Gasteiger partial charge in [0.05, 0.1) is 12.6 Å². The Morgan fingerprint density at radius 2 is 1.66 bits per heavy atom. The van der Waals surface area contributed by atoms with E-state index >= 15 is 0 Å². The number of fused-ring (bicyclic) bond motifs is 1. The second-order valence-corrected chi connectivity index (χ2v) is 8.24. The van der Waals surface area contributed by atoms with Crippen LogP contribution in [0.25, 0.3) is 16.6 Å². The molecule has 0 saturated heterocycles. The zero-order chi connectivity index (χ0) is 22.0. The van der Waals surface area contributed by atoms with Crippen molar-refractivity contribution in [3.8, 4) is 11.8 Å². The molecule has 1 aliphatic carbocycles. The van der Waals surface area contributed by atoms with Crippen LogP contribution in [0.5, 0.6) is 0 Å². The summed E-state index contributed by atoms with van der Waals surface area (Å²) in [7, 11) is 0. The van der Waals surface area contributed by atoms with Gasteiger partial charge in [0.15, 0.2) is 0 Å². The van der Waals surface area contributed by atoms with Crippen LogP contribution in [-0.4, -0.2) is 10.2 Å². The van der Waals surface area contributed by atoms with Gasteiger partial charge < -0.3 is 9.30 Å². The van der Waals surface area contributed by atoms with Crippen LogP contribution < -0.4 is 0 Å². The first-order chi connectivity index (χ1) is 15.7. The van der Waals surface area contributed by atoms with Gasteiger partial charge in [-0.1, -0.05) is 42.5 Å². The smallest absolute Gasteiger partial charge is 0.265 e. The minimum absolute atomic E-state index is 0.144. The first kappa shape index (κ1) is 19.7. The molecule has 154 valence electrons. The Morgan fingerprint density at radius 1 is 0.969 bits per heavy atom. The molecule has 0 radical (unpaired) electrons. The predicted octanol–water partition coefficient (Wildman–Crippen LogP) is 6.03. The third kappa shape index (κ3) is 3.75. The van der Waals surface area contributed by atoms with Gasteiger partial charge in [0.25, 0.3) is 5.70 Å². The van der Waals surface area contributed by atoms with Crippen LogP contribution in [0.4, 0.5) is 0 Å². The molecular formula is C28H21N3O. The summed E-state index contributed by atoms with van der Waals surface area (Å²) < 4.78 is 8.58. The van der Waals surface area contributed by atoms with E-state index in [1.807, 2.05) is 54.9 Å². The highest BCUT2D eigenvalue weighted by atomic mass is 16.5. The highest BCUT2D eigenvalue weighted by Crippen LogP contribution is 2.43. The minimum atomic E-state index is -0.446. The van der Waals surface area contributed by atoms with Crippen molar-refractivity contribution in [3.63, 3.8) is 0 Å². The largest absolute Gasteiger partial charge is 0.486 e. The molecule has 2 heterocycles. The highest BCUT2D eigenvalue weighted by Gasteiger charge is 2.42. The fourth-order valence-electron chi connectivity index (χ4n) is 4.59. The molecule has 1 spiro atoms. The number of aromatic nitrogens is 1. The normalized spacial score (nSPS) is 17.9. The zero-order valence-corrected chi connectivity index (χ0v) is 17.5. The number of nitriles is 1. The average Bonchev–Trinajstić information content (AvgIpc) is 3.46. The molecule has 4 heteroatoms. The molecule has 0 saturated carbocycles. The van der Waals surface area contributed by atoms with Gasteiger partial charge in [-0.05, 0) is 58.7 Å².